The summed E-state index contributed by atoms with van der Waals surface area (Å²) < 4.78 is 0. The molecule has 0 bridgehead atoms. The number of nitrogens with one attached hydrogen (secondary N) is 1. The Morgan fingerprint density at radius 1 is 1.58 bits per heavy atom. The van der Waals surface area contributed by atoms with Gasteiger partial charge in [-0.3, -0.25) is 4.79 Å². The first-order chi connectivity index (χ1) is 8.61. The van der Waals surface area contributed by atoms with Crippen molar-refractivity contribution < 1.29 is 4.79 Å². The predicted octanol–water partition coefficient (Wildman–Crippen LogP) is 3.00. The van der Waals surface area contributed by atoms with Gasteiger partial charge in [0.2, 0.25) is 5.91 Å². The fraction of sp³-hybridized carbons (Fsp3) is 0.692. The normalized spacial score (nSPS) is 22.3. The van der Waals surface area contributed by atoms with Crippen LogP contribution in [-0.4, -0.2) is 17.4 Å². The molecular formula is C13H22ClN3OS. The third-order valence-electron chi connectivity index (χ3n) is 3.64. The highest BCUT2D eigenvalue weighted by atomic mass is 35.5. The Balaban J connectivity index is 0.00000180. The Morgan fingerprint density at radius 2 is 2.32 bits per heavy atom. The van der Waals surface area contributed by atoms with Crippen LogP contribution in [0.5, 0.6) is 0 Å². The summed E-state index contributed by atoms with van der Waals surface area (Å²) in [4.78, 5) is 16.6. The maximum Gasteiger partial charge on any atom is 0.229 e. The van der Waals surface area contributed by atoms with Crippen LogP contribution in [0.25, 0.3) is 0 Å². The zero-order valence-corrected chi connectivity index (χ0v) is 13.0. The number of aromatic nitrogens is 1. The summed E-state index contributed by atoms with van der Waals surface area (Å²) in [6.45, 7) is 4.80. The number of carbonyl (C=O) groups is 1. The van der Waals surface area contributed by atoms with Crippen molar-refractivity contribution in [3.05, 3.63) is 11.1 Å². The van der Waals surface area contributed by atoms with Gasteiger partial charge in [-0.25, -0.2) is 4.98 Å². The van der Waals surface area contributed by atoms with E-state index in [4.69, 9.17) is 5.73 Å². The fourth-order valence-corrected chi connectivity index (χ4v) is 3.35. The van der Waals surface area contributed by atoms with Crippen LogP contribution in [0.2, 0.25) is 0 Å². The van der Waals surface area contributed by atoms with Gasteiger partial charge in [-0.2, -0.15) is 0 Å². The molecule has 1 aliphatic carbocycles. The van der Waals surface area contributed by atoms with Gasteiger partial charge in [0.25, 0.3) is 0 Å². The number of nitrogens with two attached hydrogens (primary N) is 1. The molecule has 1 saturated carbocycles. The monoisotopic (exact) mass is 303 g/mol. The van der Waals surface area contributed by atoms with E-state index < -0.39 is 0 Å². The van der Waals surface area contributed by atoms with Gasteiger partial charge in [-0.1, -0.05) is 20.3 Å². The van der Waals surface area contributed by atoms with Gasteiger partial charge >= 0.3 is 0 Å². The summed E-state index contributed by atoms with van der Waals surface area (Å²) >= 11 is 1.50. The lowest BCUT2D eigenvalue weighted by Crippen LogP contribution is -2.29. The Morgan fingerprint density at radius 3 is 2.89 bits per heavy atom. The van der Waals surface area contributed by atoms with Crippen LogP contribution in [0, 0.1) is 11.8 Å². The maximum absolute atomic E-state index is 12.2. The van der Waals surface area contributed by atoms with Gasteiger partial charge < -0.3 is 11.1 Å². The molecule has 0 unspecified atom stereocenters. The minimum atomic E-state index is 0. The zero-order valence-electron chi connectivity index (χ0n) is 11.4. The summed E-state index contributed by atoms with van der Waals surface area (Å²) in [5.41, 5.74) is 6.75. The van der Waals surface area contributed by atoms with Gasteiger partial charge in [0.05, 0.1) is 5.69 Å². The number of hydrogen-bond acceptors (Lipinski definition) is 4. The lowest BCUT2D eigenvalue weighted by Gasteiger charge is -2.16. The highest BCUT2D eigenvalue weighted by Crippen LogP contribution is 2.32. The average molecular weight is 304 g/mol. The van der Waals surface area contributed by atoms with E-state index in [0.29, 0.717) is 23.5 Å². The molecule has 4 nitrogen and oxygen atoms in total. The van der Waals surface area contributed by atoms with Crippen molar-refractivity contribution in [1.82, 2.24) is 4.98 Å². The molecule has 1 aromatic heterocycles. The molecule has 0 aromatic carbocycles. The van der Waals surface area contributed by atoms with Gasteiger partial charge in [0, 0.05) is 11.3 Å². The molecule has 1 amide bonds. The molecule has 0 saturated heterocycles. The number of carbonyl (C=O) groups excluding carboxylic acids is 1. The van der Waals surface area contributed by atoms with E-state index >= 15 is 0 Å². The first-order valence-electron chi connectivity index (χ1n) is 6.58. The molecule has 1 aliphatic rings. The minimum Gasteiger partial charge on any atom is -0.330 e. The number of rotatable bonds is 4. The van der Waals surface area contributed by atoms with E-state index in [0.717, 1.165) is 25.0 Å². The number of amides is 1. The summed E-state index contributed by atoms with van der Waals surface area (Å²) in [7, 11) is 0. The molecule has 2 rings (SSSR count). The summed E-state index contributed by atoms with van der Waals surface area (Å²) in [5, 5.41) is 5.66. The van der Waals surface area contributed by atoms with Crippen molar-refractivity contribution in [2.75, 3.05) is 11.9 Å². The molecule has 19 heavy (non-hydrogen) atoms. The van der Waals surface area contributed by atoms with E-state index in [1.54, 1.807) is 0 Å². The van der Waals surface area contributed by atoms with Crippen molar-refractivity contribution in [2.45, 2.75) is 39.0 Å². The maximum atomic E-state index is 12.2. The lowest BCUT2D eigenvalue weighted by molar-refractivity contribution is -0.120. The largest absolute Gasteiger partial charge is 0.330 e. The standard InChI is InChI=1S/C13H21N3OS.ClH/c1-8(2)11-7-18-13(15-11)16-12(17)10-5-3-4-9(10)6-14;/h7-10H,3-6,14H2,1-2H3,(H,15,16,17);1H/t9-,10-;/m1./s1. The van der Waals surface area contributed by atoms with E-state index in [1.165, 1.54) is 11.3 Å². The highest BCUT2D eigenvalue weighted by Gasteiger charge is 2.32. The van der Waals surface area contributed by atoms with Crippen molar-refractivity contribution in [3.8, 4) is 0 Å². The second kappa shape index (κ2) is 7.22. The smallest absolute Gasteiger partial charge is 0.229 e. The van der Waals surface area contributed by atoms with E-state index in [2.05, 4.69) is 24.1 Å². The van der Waals surface area contributed by atoms with Crippen LogP contribution in [0.4, 0.5) is 5.13 Å². The van der Waals surface area contributed by atoms with Crippen molar-refractivity contribution >= 4 is 34.8 Å². The van der Waals surface area contributed by atoms with Gasteiger partial charge in [-0.05, 0) is 31.2 Å². The topological polar surface area (TPSA) is 68.0 Å². The predicted molar refractivity (Wildman–Crippen MR) is 82.0 cm³/mol. The number of hydrogen-bond donors (Lipinski definition) is 2. The third-order valence-corrected chi connectivity index (χ3v) is 4.42. The molecule has 0 radical (unpaired) electrons. The second-order valence-corrected chi connectivity index (χ2v) is 6.11. The Bertz CT molecular complexity index is 422. The molecule has 1 fully saturated rings. The molecule has 1 heterocycles. The molecule has 2 atom stereocenters. The van der Waals surface area contributed by atoms with Crippen LogP contribution in [0.15, 0.2) is 5.38 Å². The molecule has 6 heteroatoms. The van der Waals surface area contributed by atoms with E-state index in [1.807, 2.05) is 5.38 Å². The minimum absolute atomic E-state index is 0. The molecule has 1 aromatic rings. The Labute approximate surface area is 124 Å². The van der Waals surface area contributed by atoms with Crippen LogP contribution in [0.3, 0.4) is 0 Å². The number of nitrogens with zero attached hydrogens (tertiary/aromatic N) is 1. The van der Waals surface area contributed by atoms with Crippen LogP contribution in [-0.2, 0) is 4.79 Å². The molecule has 3 N–H and O–H groups in total. The number of halogens is 1. The molecular weight excluding hydrogens is 282 g/mol. The second-order valence-electron chi connectivity index (χ2n) is 5.25. The first-order valence-corrected chi connectivity index (χ1v) is 7.46. The average Bonchev–Trinajstić information content (AvgIpc) is 2.96. The Kier molecular flexibility index (Phi) is 6.23. The van der Waals surface area contributed by atoms with Gasteiger partial charge in [0.1, 0.15) is 0 Å². The molecule has 0 spiro atoms. The van der Waals surface area contributed by atoms with Crippen molar-refractivity contribution in [3.63, 3.8) is 0 Å². The van der Waals surface area contributed by atoms with Crippen LogP contribution >= 0.6 is 23.7 Å². The number of anilines is 1. The SMILES string of the molecule is CC(C)c1csc(NC(=O)[C@@H]2CCC[C@@H]2CN)n1.Cl. The third kappa shape index (κ3) is 3.91. The van der Waals surface area contributed by atoms with Gasteiger partial charge in [-0.15, -0.1) is 23.7 Å². The fourth-order valence-electron chi connectivity index (χ4n) is 2.47. The Hall–Kier alpha value is -0.650. The van der Waals surface area contributed by atoms with Gasteiger partial charge in [0.15, 0.2) is 5.13 Å². The van der Waals surface area contributed by atoms with Crippen LogP contribution in [0.1, 0.15) is 44.7 Å². The van der Waals surface area contributed by atoms with E-state index in [-0.39, 0.29) is 24.2 Å². The number of thiazole rings is 1. The molecule has 108 valence electrons. The molecule has 0 aliphatic heterocycles. The quantitative estimate of drug-likeness (QED) is 0.898. The van der Waals surface area contributed by atoms with Crippen LogP contribution < -0.4 is 11.1 Å². The first kappa shape index (κ1) is 16.4. The van der Waals surface area contributed by atoms with Crippen molar-refractivity contribution in [1.29, 1.82) is 0 Å². The summed E-state index contributed by atoms with van der Waals surface area (Å²) in [5.74, 6) is 0.902. The summed E-state index contributed by atoms with van der Waals surface area (Å²) in [6, 6.07) is 0. The highest BCUT2D eigenvalue weighted by molar-refractivity contribution is 7.13. The van der Waals surface area contributed by atoms with E-state index in [9.17, 15) is 4.79 Å². The van der Waals surface area contributed by atoms with Crippen molar-refractivity contribution in [2.24, 2.45) is 17.6 Å². The zero-order chi connectivity index (χ0) is 13.1. The lowest BCUT2D eigenvalue weighted by atomic mass is 9.95. The summed E-state index contributed by atoms with van der Waals surface area (Å²) in [6.07, 6.45) is 3.13.